The average molecular weight is 365 g/mol. The molecule has 1 N–H and O–H groups in total. The molecule has 1 saturated heterocycles. The maximum absolute atomic E-state index is 12.7. The second kappa shape index (κ2) is 7.16. The minimum Gasteiger partial charge on any atom is -0.443 e. The predicted molar refractivity (Wildman–Crippen MR) is 100.0 cm³/mol. The van der Waals surface area contributed by atoms with Gasteiger partial charge in [0.2, 0.25) is 5.91 Å². The Morgan fingerprint density at radius 3 is 2.74 bits per heavy atom. The van der Waals surface area contributed by atoms with Crippen LogP contribution >= 0.6 is 0 Å². The Balaban J connectivity index is 1.38. The van der Waals surface area contributed by atoms with E-state index in [4.69, 9.17) is 4.74 Å². The monoisotopic (exact) mass is 365 g/mol. The molecule has 3 atom stereocenters. The molecule has 1 aliphatic heterocycles. The SMILES string of the molecule is Cc1ccc(C(O)CCCC(=O)N2C(=O)OC3Cc4ccccc4C32)cc1. The highest BCUT2D eigenvalue weighted by atomic mass is 16.6. The van der Waals surface area contributed by atoms with Crippen LogP contribution in [0.25, 0.3) is 0 Å². The topological polar surface area (TPSA) is 66.8 Å². The van der Waals surface area contributed by atoms with Crippen LogP contribution < -0.4 is 0 Å². The normalized spacial score (nSPS) is 21.6. The standard InChI is InChI=1S/C22H23NO4/c1-14-9-11-15(12-10-14)18(24)7-4-8-20(25)23-21-17-6-3-2-5-16(17)13-19(21)27-22(23)26/h2-3,5-6,9-12,18-19,21,24H,4,7-8,13H2,1H3. The maximum atomic E-state index is 12.7. The molecule has 4 rings (SSSR count). The van der Waals surface area contributed by atoms with Gasteiger partial charge in [-0.2, -0.15) is 0 Å². The minimum absolute atomic E-state index is 0.212. The molecule has 0 saturated carbocycles. The van der Waals surface area contributed by atoms with Crippen LogP contribution in [0.5, 0.6) is 0 Å². The summed E-state index contributed by atoms with van der Waals surface area (Å²) in [4.78, 5) is 26.2. The van der Waals surface area contributed by atoms with Crippen LogP contribution in [-0.4, -0.2) is 28.1 Å². The number of hydrogen-bond donors (Lipinski definition) is 1. The van der Waals surface area contributed by atoms with E-state index < -0.39 is 12.2 Å². The number of aliphatic hydroxyl groups is 1. The first-order valence-electron chi connectivity index (χ1n) is 9.39. The van der Waals surface area contributed by atoms with Crippen molar-refractivity contribution in [1.29, 1.82) is 0 Å². The van der Waals surface area contributed by atoms with E-state index in [1.807, 2.05) is 55.5 Å². The van der Waals surface area contributed by atoms with Gasteiger partial charge in [-0.15, -0.1) is 0 Å². The van der Waals surface area contributed by atoms with Gasteiger partial charge >= 0.3 is 6.09 Å². The zero-order valence-electron chi connectivity index (χ0n) is 15.3. The van der Waals surface area contributed by atoms with E-state index in [-0.39, 0.29) is 24.5 Å². The summed E-state index contributed by atoms with van der Waals surface area (Å²) in [6.07, 6.45) is 0.412. The first kappa shape index (κ1) is 17.7. The van der Waals surface area contributed by atoms with Crippen LogP contribution in [0.2, 0.25) is 0 Å². The van der Waals surface area contributed by atoms with Gasteiger partial charge in [0.05, 0.1) is 6.10 Å². The molecule has 3 unspecified atom stereocenters. The number of fused-ring (bicyclic) bond motifs is 3. The van der Waals surface area contributed by atoms with Crippen molar-refractivity contribution in [2.75, 3.05) is 0 Å². The molecule has 27 heavy (non-hydrogen) atoms. The van der Waals surface area contributed by atoms with E-state index in [2.05, 4.69) is 0 Å². The zero-order valence-corrected chi connectivity index (χ0v) is 15.3. The Kier molecular flexibility index (Phi) is 4.70. The number of carbonyl (C=O) groups excluding carboxylic acids is 2. The molecule has 2 aromatic carbocycles. The smallest absolute Gasteiger partial charge is 0.417 e. The molecule has 0 bridgehead atoms. The van der Waals surface area contributed by atoms with Crippen molar-refractivity contribution in [2.24, 2.45) is 0 Å². The molecule has 0 aromatic heterocycles. The lowest BCUT2D eigenvalue weighted by molar-refractivity contribution is -0.129. The number of ether oxygens (including phenoxy) is 1. The summed E-state index contributed by atoms with van der Waals surface area (Å²) in [5, 5.41) is 10.3. The van der Waals surface area contributed by atoms with Crippen LogP contribution in [0.15, 0.2) is 48.5 Å². The van der Waals surface area contributed by atoms with E-state index in [0.29, 0.717) is 19.3 Å². The summed E-state index contributed by atoms with van der Waals surface area (Å²) in [5.74, 6) is -0.236. The van der Waals surface area contributed by atoms with E-state index in [0.717, 1.165) is 22.3 Å². The molecule has 0 radical (unpaired) electrons. The molecule has 1 fully saturated rings. The second-order valence-electron chi connectivity index (χ2n) is 7.35. The number of carbonyl (C=O) groups is 2. The summed E-state index contributed by atoms with van der Waals surface area (Å²) >= 11 is 0. The van der Waals surface area contributed by atoms with Crippen molar-refractivity contribution in [3.63, 3.8) is 0 Å². The van der Waals surface area contributed by atoms with Gasteiger partial charge in [-0.1, -0.05) is 54.1 Å². The Labute approximate surface area is 158 Å². The first-order chi connectivity index (χ1) is 13.0. The molecular weight excluding hydrogens is 342 g/mol. The Morgan fingerprint density at radius 2 is 1.96 bits per heavy atom. The number of hydrogen-bond acceptors (Lipinski definition) is 4. The van der Waals surface area contributed by atoms with Crippen molar-refractivity contribution in [3.05, 3.63) is 70.8 Å². The highest BCUT2D eigenvalue weighted by Gasteiger charge is 2.49. The molecule has 5 nitrogen and oxygen atoms in total. The number of benzene rings is 2. The zero-order chi connectivity index (χ0) is 19.0. The fourth-order valence-corrected chi connectivity index (χ4v) is 4.03. The molecule has 0 spiro atoms. The summed E-state index contributed by atoms with van der Waals surface area (Å²) in [6, 6.07) is 15.3. The molecule has 1 aliphatic carbocycles. The molecular formula is C22H23NO4. The van der Waals surface area contributed by atoms with Gasteiger partial charge in [0.1, 0.15) is 12.1 Å². The highest BCUT2D eigenvalue weighted by Crippen LogP contribution is 2.42. The summed E-state index contributed by atoms with van der Waals surface area (Å²) in [5.41, 5.74) is 4.12. The van der Waals surface area contributed by atoms with Gasteiger partial charge in [0.25, 0.3) is 0 Å². The second-order valence-corrected chi connectivity index (χ2v) is 7.35. The van der Waals surface area contributed by atoms with Crippen LogP contribution in [0, 0.1) is 6.92 Å². The van der Waals surface area contributed by atoms with Crippen LogP contribution in [0.4, 0.5) is 4.79 Å². The van der Waals surface area contributed by atoms with Crippen LogP contribution in [0.3, 0.4) is 0 Å². The number of imide groups is 1. The fourth-order valence-electron chi connectivity index (χ4n) is 4.03. The first-order valence-corrected chi connectivity index (χ1v) is 9.39. The highest BCUT2D eigenvalue weighted by molar-refractivity contribution is 5.94. The molecule has 140 valence electrons. The Bertz CT molecular complexity index is 861. The molecule has 5 heteroatoms. The molecule has 1 heterocycles. The Morgan fingerprint density at radius 1 is 1.22 bits per heavy atom. The lowest BCUT2D eigenvalue weighted by atomic mass is 10.0. The third kappa shape index (κ3) is 3.35. The van der Waals surface area contributed by atoms with Gasteiger partial charge in [-0.25, -0.2) is 9.69 Å². The average Bonchev–Trinajstić information content (AvgIpc) is 3.16. The van der Waals surface area contributed by atoms with Gasteiger partial charge in [-0.05, 0) is 36.5 Å². The fraction of sp³-hybridized carbons (Fsp3) is 0.364. The number of amides is 2. The third-order valence-electron chi connectivity index (χ3n) is 5.47. The van der Waals surface area contributed by atoms with Crippen molar-refractivity contribution < 1.29 is 19.4 Å². The maximum Gasteiger partial charge on any atom is 0.417 e. The number of aryl methyl sites for hydroxylation is 1. The van der Waals surface area contributed by atoms with E-state index in [1.54, 1.807) is 0 Å². The van der Waals surface area contributed by atoms with Crippen molar-refractivity contribution in [1.82, 2.24) is 4.90 Å². The lowest BCUT2D eigenvalue weighted by Gasteiger charge is -2.20. The van der Waals surface area contributed by atoms with Gasteiger partial charge in [0.15, 0.2) is 0 Å². The molecule has 2 aliphatic rings. The number of nitrogens with zero attached hydrogens (tertiary/aromatic N) is 1. The molecule has 2 aromatic rings. The summed E-state index contributed by atoms with van der Waals surface area (Å²) in [6.45, 7) is 2.00. The van der Waals surface area contributed by atoms with E-state index in [9.17, 15) is 14.7 Å². The van der Waals surface area contributed by atoms with Crippen LogP contribution in [-0.2, 0) is 16.0 Å². The molecule has 2 amide bonds. The summed E-state index contributed by atoms with van der Waals surface area (Å²) in [7, 11) is 0. The van der Waals surface area contributed by atoms with E-state index >= 15 is 0 Å². The minimum atomic E-state index is -0.608. The lowest BCUT2D eigenvalue weighted by Crippen LogP contribution is -2.34. The van der Waals surface area contributed by atoms with Gasteiger partial charge < -0.3 is 9.84 Å². The van der Waals surface area contributed by atoms with Crippen LogP contribution in [0.1, 0.15) is 53.7 Å². The van der Waals surface area contributed by atoms with Gasteiger partial charge in [-0.3, -0.25) is 4.79 Å². The van der Waals surface area contributed by atoms with Crippen molar-refractivity contribution >= 4 is 12.0 Å². The third-order valence-corrected chi connectivity index (χ3v) is 5.47. The van der Waals surface area contributed by atoms with Gasteiger partial charge in [0, 0.05) is 12.8 Å². The van der Waals surface area contributed by atoms with E-state index in [1.165, 1.54) is 4.90 Å². The number of rotatable bonds is 5. The number of aliphatic hydroxyl groups excluding tert-OH is 1. The summed E-state index contributed by atoms with van der Waals surface area (Å²) < 4.78 is 5.43. The predicted octanol–water partition coefficient (Wildman–Crippen LogP) is 3.84. The Hall–Kier alpha value is -2.66. The van der Waals surface area contributed by atoms with Crippen molar-refractivity contribution in [3.8, 4) is 0 Å². The largest absolute Gasteiger partial charge is 0.443 e. The van der Waals surface area contributed by atoms with Crippen molar-refractivity contribution in [2.45, 2.75) is 50.9 Å². The quantitative estimate of drug-likeness (QED) is 0.874.